The van der Waals surface area contributed by atoms with Crippen molar-refractivity contribution in [2.45, 2.75) is 32.2 Å². The zero-order chi connectivity index (χ0) is 23.6. The number of nitrogens with one attached hydrogen (secondary N) is 1. The molecule has 0 unspecified atom stereocenters. The van der Waals surface area contributed by atoms with Crippen LogP contribution in [0.3, 0.4) is 0 Å². The number of fused-ring (bicyclic) bond motifs is 1. The van der Waals surface area contributed by atoms with Crippen molar-refractivity contribution in [2.75, 3.05) is 20.3 Å². The quantitative estimate of drug-likeness (QED) is 0.310. The lowest BCUT2D eigenvalue weighted by Crippen LogP contribution is -2.25. The summed E-state index contributed by atoms with van der Waals surface area (Å²) in [6, 6.07) is 25.9. The number of amides is 1. The molecule has 3 aromatic carbocycles. The van der Waals surface area contributed by atoms with Crippen molar-refractivity contribution in [2.24, 2.45) is 0 Å². The van der Waals surface area contributed by atoms with Gasteiger partial charge in [-0.1, -0.05) is 54.6 Å². The van der Waals surface area contributed by atoms with Crippen LogP contribution in [0.15, 0.2) is 78.9 Å². The van der Waals surface area contributed by atoms with Gasteiger partial charge < -0.3 is 19.4 Å². The minimum absolute atomic E-state index is 0.0857. The van der Waals surface area contributed by atoms with E-state index in [1.54, 1.807) is 7.11 Å². The number of para-hydroxylation sites is 4. The fraction of sp³-hybridized carbons (Fsp3) is 0.286. The SMILES string of the molecule is COc1ccccc1OCCn1c(CCCNC(=O)CCc2ccccc2)nc2ccccc21. The molecule has 0 radical (unpaired) electrons. The molecule has 0 spiro atoms. The third-order valence-corrected chi connectivity index (χ3v) is 5.76. The Balaban J connectivity index is 1.30. The summed E-state index contributed by atoms with van der Waals surface area (Å²) in [7, 11) is 1.64. The predicted molar refractivity (Wildman–Crippen MR) is 134 cm³/mol. The molecule has 0 fully saturated rings. The van der Waals surface area contributed by atoms with Crippen LogP contribution in [0.4, 0.5) is 0 Å². The molecule has 176 valence electrons. The third kappa shape index (κ3) is 6.16. The molecule has 6 heteroatoms. The van der Waals surface area contributed by atoms with Gasteiger partial charge in [-0.2, -0.15) is 0 Å². The van der Waals surface area contributed by atoms with Gasteiger partial charge >= 0.3 is 0 Å². The Hall–Kier alpha value is -3.80. The first kappa shape index (κ1) is 23.4. The Morgan fingerprint density at radius 3 is 2.47 bits per heavy atom. The number of ether oxygens (including phenoxy) is 2. The number of rotatable bonds is 12. The number of aryl methyl sites for hydroxylation is 2. The fourth-order valence-corrected chi connectivity index (χ4v) is 4.02. The van der Waals surface area contributed by atoms with E-state index in [1.807, 2.05) is 60.7 Å². The van der Waals surface area contributed by atoms with Gasteiger partial charge in [0.15, 0.2) is 11.5 Å². The van der Waals surface area contributed by atoms with Crippen LogP contribution < -0.4 is 14.8 Å². The Morgan fingerprint density at radius 1 is 0.912 bits per heavy atom. The molecule has 0 aliphatic rings. The summed E-state index contributed by atoms with van der Waals surface area (Å²) in [4.78, 5) is 17.0. The highest BCUT2D eigenvalue weighted by atomic mass is 16.5. The maximum Gasteiger partial charge on any atom is 0.220 e. The van der Waals surface area contributed by atoms with E-state index >= 15 is 0 Å². The monoisotopic (exact) mass is 457 g/mol. The molecular formula is C28H31N3O3. The first-order valence-corrected chi connectivity index (χ1v) is 11.7. The van der Waals surface area contributed by atoms with E-state index in [0.29, 0.717) is 26.1 Å². The molecule has 1 heterocycles. The summed E-state index contributed by atoms with van der Waals surface area (Å²) in [5.41, 5.74) is 3.25. The molecule has 0 atom stereocenters. The van der Waals surface area contributed by atoms with Crippen LogP contribution in [0.2, 0.25) is 0 Å². The molecular weight excluding hydrogens is 426 g/mol. The Kier molecular flexibility index (Phi) is 8.17. The van der Waals surface area contributed by atoms with Gasteiger partial charge in [0, 0.05) is 19.4 Å². The van der Waals surface area contributed by atoms with Gasteiger partial charge in [0.1, 0.15) is 12.4 Å². The van der Waals surface area contributed by atoms with Crippen molar-refractivity contribution in [1.29, 1.82) is 0 Å². The molecule has 1 amide bonds. The van der Waals surface area contributed by atoms with E-state index in [0.717, 1.165) is 47.6 Å². The van der Waals surface area contributed by atoms with Gasteiger partial charge in [0.05, 0.1) is 24.7 Å². The van der Waals surface area contributed by atoms with Crippen molar-refractivity contribution in [3.05, 3.63) is 90.3 Å². The van der Waals surface area contributed by atoms with Crippen LogP contribution in [0.25, 0.3) is 11.0 Å². The van der Waals surface area contributed by atoms with Gasteiger partial charge in [0.2, 0.25) is 5.91 Å². The van der Waals surface area contributed by atoms with Crippen LogP contribution >= 0.6 is 0 Å². The topological polar surface area (TPSA) is 65.4 Å². The second-order valence-electron chi connectivity index (χ2n) is 8.11. The largest absolute Gasteiger partial charge is 0.493 e. The predicted octanol–water partition coefficient (Wildman–Crippen LogP) is 4.81. The molecule has 4 aromatic rings. The maximum absolute atomic E-state index is 12.2. The lowest BCUT2D eigenvalue weighted by Gasteiger charge is -2.13. The second-order valence-corrected chi connectivity index (χ2v) is 8.11. The molecule has 0 saturated heterocycles. The van der Waals surface area contributed by atoms with Gasteiger partial charge in [-0.05, 0) is 42.7 Å². The number of imidazole rings is 1. The first-order valence-electron chi connectivity index (χ1n) is 11.7. The van der Waals surface area contributed by atoms with E-state index in [1.165, 1.54) is 5.56 Å². The van der Waals surface area contributed by atoms with Gasteiger partial charge in [0.25, 0.3) is 0 Å². The number of nitrogens with zero attached hydrogens (tertiary/aromatic N) is 2. The van der Waals surface area contributed by atoms with Gasteiger partial charge in [-0.25, -0.2) is 4.98 Å². The highest BCUT2D eigenvalue weighted by molar-refractivity contribution is 5.76. The van der Waals surface area contributed by atoms with Crippen LogP contribution in [-0.2, 0) is 24.2 Å². The number of carbonyl (C=O) groups excluding carboxylic acids is 1. The Labute approximate surface area is 200 Å². The summed E-state index contributed by atoms with van der Waals surface area (Å²) >= 11 is 0. The molecule has 1 aromatic heterocycles. The van der Waals surface area contributed by atoms with Crippen LogP contribution in [0, 0.1) is 0 Å². The summed E-state index contributed by atoms with van der Waals surface area (Å²) < 4.78 is 13.6. The van der Waals surface area contributed by atoms with Crippen LogP contribution in [0.1, 0.15) is 24.2 Å². The number of hydrogen-bond donors (Lipinski definition) is 1. The van der Waals surface area contributed by atoms with Crippen LogP contribution in [-0.4, -0.2) is 35.7 Å². The second kappa shape index (κ2) is 11.9. The van der Waals surface area contributed by atoms with Crippen molar-refractivity contribution in [3.8, 4) is 11.5 Å². The summed E-state index contributed by atoms with van der Waals surface area (Å²) in [5.74, 6) is 2.54. The number of carbonyl (C=O) groups is 1. The first-order chi connectivity index (χ1) is 16.7. The molecule has 0 aliphatic heterocycles. The maximum atomic E-state index is 12.2. The van der Waals surface area contributed by atoms with Crippen LogP contribution in [0.5, 0.6) is 11.5 Å². The van der Waals surface area contributed by atoms with E-state index in [4.69, 9.17) is 14.5 Å². The summed E-state index contributed by atoms with van der Waals surface area (Å²) in [6.07, 6.45) is 2.87. The molecule has 0 saturated carbocycles. The lowest BCUT2D eigenvalue weighted by atomic mass is 10.1. The average molecular weight is 458 g/mol. The third-order valence-electron chi connectivity index (χ3n) is 5.76. The number of aromatic nitrogens is 2. The molecule has 4 rings (SSSR count). The molecule has 0 aliphatic carbocycles. The number of methoxy groups -OCH3 is 1. The normalized spacial score (nSPS) is 10.9. The molecule has 34 heavy (non-hydrogen) atoms. The minimum Gasteiger partial charge on any atom is -0.493 e. The summed E-state index contributed by atoms with van der Waals surface area (Å²) in [5, 5.41) is 3.04. The van der Waals surface area contributed by atoms with Gasteiger partial charge in [-0.3, -0.25) is 4.79 Å². The van der Waals surface area contributed by atoms with Crippen molar-refractivity contribution in [1.82, 2.24) is 14.9 Å². The van der Waals surface area contributed by atoms with E-state index < -0.39 is 0 Å². The van der Waals surface area contributed by atoms with Crippen molar-refractivity contribution >= 4 is 16.9 Å². The van der Waals surface area contributed by atoms with Crippen molar-refractivity contribution in [3.63, 3.8) is 0 Å². The molecule has 6 nitrogen and oxygen atoms in total. The van der Waals surface area contributed by atoms with E-state index in [2.05, 4.69) is 28.1 Å². The zero-order valence-electron chi connectivity index (χ0n) is 19.6. The standard InChI is InChI=1S/C28H31N3O3/c1-33-25-14-7-8-15-26(25)34-21-20-31-24-13-6-5-12-23(24)30-27(31)16-9-19-29-28(32)18-17-22-10-3-2-4-11-22/h2-8,10-15H,9,16-21H2,1H3,(H,29,32). The molecule has 0 bridgehead atoms. The van der Waals surface area contributed by atoms with E-state index in [-0.39, 0.29) is 5.91 Å². The van der Waals surface area contributed by atoms with Crippen molar-refractivity contribution < 1.29 is 14.3 Å². The smallest absolute Gasteiger partial charge is 0.220 e. The Bertz CT molecular complexity index is 1200. The van der Waals surface area contributed by atoms with Gasteiger partial charge in [-0.15, -0.1) is 0 Å². The molecule has 1 N–H and O–H groups in total. The number of hydrogen-bond acceptors (Lipinski definition) is 4. The average Bonchev–Trinajstić information content (AvgIpc) is 3.23. The fourth-order valence-electron chi connectivity index (χ4n) is 4.02. The highest BCUT2D eigenvalue weighted by Gasteiger charge is 2.11. The minimum atomic E-state index is 0.0857. The zero-order valence-corrected chi connectivity index (χ0v) is 19.6. The lowest BCUT2D eigenvalue weighted by molar-refractivity contribution is -0.121. The number of benzene rings is 3. The Morgan fingerprint density at radius 2 is 1.65 bits per heavy atom. The van der Waals surface area contributed by atoms with E-state index in [9.17, 15) is 4.79 Å². The summed E-state index contributed by atoms with van der Waals surface area (Å²) in [6.45, 7) is 1.82. The highest BCUT2D eigenvalue weighted by Crippen LogP contribution is 2.26.